The van der Waals surface area contributed by atoms with Gasteiger partial charge in [-0.15, -0.1) is 0 Å². The molecule has 2 N–H and O–H groups in total. The van der Waals surface area contributed by atoms with E-state index >= 15 is 0 Å². The molecule has 1 aromatic heterocycles. The molecule has 1 heterocycles. The first-order valence-electron chi connectivity index (χ1n) is 6.85. The summed E-state index contributed by atoms with van der Waals surface area (Å²) >= 11 is 6.03. The number of carbonyl (C=O) groups excluding carboxylic acids is 1. The number of benzene rings is 1. The molecular weight excluding hydrogens is 286 g/mol. The van der Waals surface area contributed by atoms with Crippen LogP contribution in [0.2, 0.25) is 5.02 Å². The van der Waals surface area contributed by atoms with Crippen molar-refractivity contribution in [2.45, 2.75) is 19.5 Å². The molecule has 0 fully saturated rings. The van der Waals surface area contributed by atoms with Gasteiger partial charge in [0.25, 0.3) is 0 Å². The van der Waals surface area contributed by atoms with E-state index in [1.807, 2.05) is 36.4 Å². The van der Waals surface area contributed by atoms with Crippen molar-refractivity contribution >= 4 is 17.5 Å². The maximum Gasteiger partial charge on any atom is 0.221 e. The van der Waals surface area contributed by atoms with Crippen molar-refractivity contribution < 1.29 is 4.79 Å². The second-order valence-corrected chi connectivity index (χ2v) is 5.06. The molecule has 4 nitrogen and oxygen atoms in total. The Morgan fingerprint density at radius 1 is 1.10 bits per heavy atom. The monoisotopic (exact) mass is 303 g/mol. The lowest BCUT2D eigenvalue weighted by atomic mass is 10.2. The van der Waals surface area contributed by atoms with E-state index in [4.69, 9.17) is 11.6 Å². The summed E-state index contributed by atoms with van der Waals surface area (Å²) in [5.41, 5.74) is 2.08. The molecule has 5 heteroatoms. The maximum atomic E-state index is 11.7. The second kappa shape index (κ2) is 8.39. The van der Waals surface area contributed by atoms with Crippen LogP contribution >= 0.6 is 11.6 Å². The molecule has 0 radical (unpaired) electrons. The standard InChI is InChI=1S/C16H18ClN3O/c17-15-4-2-1-3-14(15)12-20-16(21)7-10-19-11-13-5-8-18-9-6-13/h1-6,8-9,19H,7,10-12H2,(H,20,21). The summed E-state index contributed by atoms with van der Waals surface area (Å²) in [6.45, 7) is 1.83. The van der Waals surface area contributed by atoms with Crippen LogP contribution in [0.5, 0.6) is 0 Å². The fourth-order valence-corrected chi connectivity index (χ4v) is 2.06. The Balaban J connectivity index is 1.63. The molecule has 0 aliphatic heterocycles. The highest BCUT2D eigenvalue weighted by Crippen LogP contribution is 2.14. The molecular formula is C16H18ClN3O. The maximum absolute atomic E-state index is 11.7. The smallest absolute Gasteiger partial charge is 0.221 e. The van der Waals surface area contributed by atoms with Crippen LogP contribution < -0.4 is 10.6 Å². The number of carbonyl (C=O) groups is 1. The van der Waals surface area contributed by atoms with Gasteiger partial charge in [0, 0.05) is 43.5 Å². The summed E-state index contributed by atoms with van der Waals surface area (Å²) in [6.07, 6.45) is 3.95. The van der Waals surface area contributed by atoms with E-state index < -0.39 is 0 Å². The van der Waals surface area contributed by atoms with E-state index in [0.29, 0.717) is 24.5 Å². The molecule has 1 aromatic carbocycles. The molecule has 2 rings (SSSR count). The predicted molar refractivity (Wildman–Crippen MR) is 83.9 cm³/mol. The highest BCUT2D eigenvalue weighted by Gasteiger charge is 2.03. The van der Waals surface area contributed by atoms with Gasteiger partial charge in [0.2, 0.25) is 5.91 Å². The zero-order chi connectivity index (χ0) is 14.9. The van der Waals surface area contributed by atoms with Crippen molar-refractivity contribution in [3.8, 4) is 0 Å². The normalized spacial score (nSPS) is 10.3. The van der Waals surface area contributed by atoms with Gasteiger partial charge < -0.3 is 10.6 Å². The van der Waals surface area contributed by atoms with Crippen LogP contribution in [0.1, 0.15) is 17.5 Å². The predicted octanol–water partition coefficient (Wildman–Crippen LogP) is 2.53. The number of hydrogen-bond acceptors (Lipinski definition) is 3. The van der Waals surface area contributed by atoms with E-state index in [1.165, 1.54) is 0 Å². The minimum atomic E-state index is 0.0112. The molecule has 0 bridgehead atoms. The molecule has 0 spiro atoms. The minimum Gasteiger partial charge on any atom is -0.352 e. The van der Waals surface area contributed by atoms with E-state index in [0.717, 1.165) is 17.7 Å². The summed E-state index contributed by atoms with van der Waals surface area (Å²) < 4.78 is 0. The molecule has 0 saturated heterocycles. The Bertz CT molecular complexity index is 575. The van der Waals surface area contributed by atoms with Crippen LogP contribution in [0.4, 0.5) is 0 Å². The third kappa shape index (κ3) is 5.53. The summed E-state index contributed by atoms with van der Waals surface area (Å²) in [4.78, 5) is 15.7. The average Bonchev–Trinajstić information content (AvgIpc) is 2.52. The molecule has 0 unspecified atom stereocenters. The second-order valence-electron chi connectivity index (χ2n) is 4.65. The molecule has 21 heavy (non-hydrogen) atoms. The van der Waals surface area contributed by atoms with Gasteiger partial charge in [0.15, 0.2) is 0 Å². The first kappa shape index (κ1) is 15.5. The molecule has 0 aliphatic carbocycles. The lowest BCUT2D eigenvalue weighted by molar-refractivity contribution is -0.121. The Kier molecular flexibility index (Phi) is 6.19. The molecule has 0 atom stereocenters. The Morgan fingerprint density at radius 2 is 1.86 bits per heavy atom. The largest absolute Gasteiger partial charge is 0.352 e. The number of halogens is 1. The molecule has 110 valence electrons. The van der Waals surface area contributed by atoms with Crippen molar-refractivity contribution in [3.05, 3.63) is 64.9 Å². The minimum absolute atomic E-state index is 0.0112. The Hall–Kier alpha value is -1.91. The van der Waals surface area contributed by atoms with Crippen molar-refractivity contribution in [1.29, 1.82) is 0 Å². The van der Waals surface area contributed by atoms with E-state index in [2.05, 4.69) is 15.6 Å². The van der Waals surface area contributed by atoms with Gasteiger partial charge in [-0.05, 0) is 29.3 Å². The Labute approximate surface area is 129 Å². The lowest BCUT2D eigenvalue weighted by Crippen LogP contribution is -2.27. The van der Waals surface area contributed by atoms with Crippen molar-refractivity contribution in [3.63, 3.8) is 0 Å². The van der Waals surface area contributed by atoms with Gasteiger partial charge in [0.05, 0.1) is 0 Å². The first-order chi connectivity index (χ1) is 10.3. The van der Waals surface area contributed by atoms with E-state index in [-0.39, 0.29) is 5.91 Å². The number of nitrogens with zero attached hydrogens (tertiary/aromatic N) is 1. The summed E-state index contributed by atoms with van der Waals surface area (Å²) in [5, 5.41) is 6.77. The van der Waals surface area contributed by atoms with Crippen LogP contribution in [0.25, 0.3) is 0 Å². The van der Waals surface area contributed by atoms with E-state index in [1.54, 1.807) is 12.4 Å². The van der Waals surface area contributed by atoms with Gasteiger partial charge in [-0.2, -0.15) is 0 Å². The fraction of sp³-hybridized carbons (Fsp3) is 0.250. The van der Waals surface area contributed by atoms with E-state index in [9.17, 15) is 4.79 Å². The van der Waals surface area contributed by atoms with Crippen LogP contribution in [0.15, 0.2) is 48.8 Å². The van der Waals surface area contributed by atoms with Gasteiger partial charge in [-0.25, -0.2) is 0 Å². The Morgan fingerprint density at radius 3 is 2.62 bits per heavy atom. The van der Waals surface area contributed by atoms with Crippen LogP contribution in [0, 0.1) is 0 Å². The van der Waals surface area contributed by atoms with Crippen molar-refractivity contribution in [2.24, 2.45) is 0 Å². The number of rotatable bonds is 7. The summed E-state index contributed by atoms with van der Waals surface area (Å²) in [6, 6.07) is 11.4. The third-order valence-electron chi connectivity index (χ3n) is 3.04. The van der Waals surface area contributed by atoms with Gasteiger partial charge in [0.1, 0.15) is 0 Å². The number of nitrogens with one attached hydrogen (secondary N) is 2. The highest BCUT2D eigenvalue weighted by atomic mass is 35.5. The SMILES string of the molecule is O=C(CCNCc1ccncc1)NCc1ccccc1Cl. The topological polar surface area (TPSA) is 54.0 Å². The molecule has 0 aliphatic rings. The summed E-state index contributed by atoms with van der Waals surface area (Å²) in [7, 11) is 0. The molecule has 1 amide bonds. The zero-order valence-corrected chi connectivity index (χ0v) is 12.4. The number of amides is 1. The first-order valence-corrected chi connectivity index (χ1v) is 7.23. The third-order valence-corrected chi connectivity index (χ3v) is 3.41. The highest BCUT2D eigenvalue weighted by molar-refractivity contribution is 6.31. The van der Waals surface area contributed by atoms with Crippen molar-refractivity contribution in [1.82, 2.24) is 15.6 Å². The van der Waals surface area contributed by atoms with Gasteiger partial charge in [-0.3, -0.25) is 9.78 Å². The molecule has 0 saturated carbocycles. The van der Waals surface area contributed by atoms with Crippen molar-refractivity contribution in [2.75, 3.05) is 6.54 Å². The van der Waals surface area contributed by atoms with Gasteiger partial charge in [-0.1, -0.05) is 29.8 Å². The number of aromatic nitrogens is 1. The lowest BCUT2D eigenvalue weighted by Gasteiger charge is -2.08. The quantitative estimate of drug-likeness (QED) is 0.773. The number of hydrogen-bond donors (Lipinski definition) is 2. The fourth-order valence-electron chi connectivity index (χ4n) is 1.86. The van der Waals surface area contributed by atoms with Gasteiger partial charge >= 0.3 is 0 Å². The molecule has 2 aromatic rings. The zero-order valence-electron chi connectivity index (χ0n) is 11.7. The van der Waals surface area contributed by atoms with Crippen LogP contribution in [0.3, 0.4) is 0 Å². The van der Waals surface area contributed by atoms with Crippen LogP contribution in [-0.2, 0) is 17.9 Å². The van der Waals surface area contributed by atoms with Crippen LogP contribution in [-0.4, -0.2) is 17.4 Å². The number of pyridine rings is 1. The average molecular weight is 304 g/mol. The summed E-state index contributed by atoms with van der Waals surface area (Å²) in [5.74, 6) is 0.0112.